The number of carbonyl (C=O) groups is 1. The van der Waals surface area contributed by atoms with Crippen molar-refractivity contribution in [2.24, 2.45) is 0 Å². The molecule has 1 atom stereocenters. The summed E-state index contributed by atoms with van der Waals surface area (Å²) in [5, 5.41) is 7.88. The van der Waals surface area contributed by atoms with Gasteiger partial charge in [0, 0.05) is 30.3 Å². The van der Waals surface area contributed by atoms with E-state index in [9.17, 15) is 4.79 Å². The van der Waals surface area contributed by atoms with E-state index in [4.69, 9.17) is 4.74 Å². The molecule has 7 heteroatoms. The summed E-state index contributed by atoms with van der Waals surface area (Å²) in [7, 11) is 1.65. The maximum Gasteiger partial charge on any atom is 0.251 e. The number of rotatable bonds is 6. The van der Waals surface area contributed by atoms with Crippen molar-refractivity contribution in [3.63, 3.8) is 0 Å². The fourth-order valence-corrected chi connectivity index (χ4v) is 4.05. The number of fused-ring (bicyclic) bond motifs is 1. The number of Topliss-reactive ketones (excluding diaryl/α,β-unsaturated/α-hetero) is 1. The van der Waals surface area contributed by atoms with E-state index >= 15 is 0 Å². The van der Waals surface area contributed by atoms with Crippen LogP contribution < -0.4 is 10.1 Å². The summed E-state index contributed by atoms with van der Waals surface area (Å²) in [6.45, 7) is 8.11. The zero-order valence-electron chi connectivity index (χ0n) is 17.5. The second-order valence-electron chi connectivity index (χ2n) is 7.47. The lowest BCUT2D eigenvalue weighted by molar-refractivity contribution is 0.0964. The highest BCUT2D eigenvalue weighted by Gasteiger charge is 2.35. The van der Waals surface area contributed by atoms with Crippen LogP contribution in [0.5, 0.6) is 5.75 Å². The number of para-hydroxylation sites is 1. The topological polar surface area (TPSA) is 81.9 Å². The third kappa shape index (κ3) is 3.58. The minimum Gasteiger partial charge on any atom is -0.496 e. The number of anilines is 1. The Balaban J connectivity index is 1.84. The van der Waals surface area contributed by atoms with E-state index < -0.39 is 0 Å². The molecule has 4 rings (SSSR count). The molecule has 0 bridgehead atoms. The number of ketones is 1. The molecule has 2 heterocycles. The molecule has 0 amide bonds. The summed E-state index contributed by atoms with van der Waals surface area (Å²) in [5.74, 6) is 1.86. The van der Waals surface area contributed by atoms with Gasteiger partial charge in [-0.15, -0.1) is 11.7 Å². The summed E-state index contributed by atoms with van der Waals surface area (Å²) in [6.07, 6.45) is 2.78. The Morgan fingerprint density at radius 2 is 1.97 bits per heavy atom. The molecule has 7 nitrogen and oxygen atoms in total. The highest BCUT2D eigenvalue weighted by molar-refractivity contribution is 6.03. The van der Waals surface area contributed by atoms with E-state index in [0.29, 0.717) is 36.7 Å². The van der Waals surface area contributed by atoms with Crippen LogP contribution in [0.1, 0.15) is 45.3 Å². The molecule has 1 aromatic carbocycles. The van der Waals surface area contributed by atoms with E-state index in [1.807, 2.05) is 44.2 Å². The second kappa shape index (κ2) is 8.10. The summed E-state index contributed by atoms with van der Waals surface area (Å²) in [5.41, 5.74) is 4.16. The van der Waals surface area contributed by atoms with Gasteiger partial charge in [0.05, 0.1) is 18.4 Å². The van der Waals surface area contributed by atoms with E-state index in [2.05, 4.69) is 27.0 Å². The molecule has 1 aliphatic carbocycles. The Hall–Kier alpha value is -3.48. The van der Waals surface area contributed by atoms with Crippen LogP contribution in [0.3, 0.4) is 0 Å². The zero-order chi connectivity index (χ0) is 21.3. The molecule has 1 aliphatic rings. The molecule has 154 valence electrons. The van der Waals surface area contributed by atoms with Crippen LogP contribution in [0.25, 0.3) is 5.95 Å². The van der Waals surface area contributed by atoms with Gasteiger partial charge in [-0.05, 0) is 38.0 Å². The lowest BCUT2D eigenvalue weighted by Gasteiger charge is -2.24. The Labute approximate surface area is 175 Å². The van der Waals surface area contributed by atoms with Gasteiger partial charge in [-0.3, -0.25) is 4.79 Å². The molecule has 1 N–H and O–H groups in total. The van der Waals surface area contributed by atoms with Crippen molar-refractivity contribution in [3.8, 4) is 11.7 Å². The summed E-state index contributed by atoms with van der Waals surface area (Å²) in [4.78, 5) is 22.4. The monoisotopic (exact) mass is 403 g/mol. The quantitative estimate of drug-likeness (QED) is 0.631. The summed E-state index contributed by atoms with van der Waals surface area (Å²) in [6, 6.07) is 9.77. The van der Waals surface area contributed by atoms with Gasteiger partial charge < -0.3 is 10.1 Å². The highest BCUT2D eigenvalue weighted by Crippen LogP contribution is 2.39. The lowest BCUT2D eigenvalue weighted by atomic mass is 9.81. The van der Waals surface area contributed by atoms with Gasteiger partial charge in [0.25, 0.3) is 5.95 Å². The standard InChI is InChI=1S/C23H25N5O2/c1-5-10-24-22-21-18(28(27-22)23-25-14(2)11-15(3)26-23)12-16(13-19(21)29)17-8-6-7-9-20(17)30-4/h5-9,11,16H,1,10,12-13H2,2-4H3,(H,24,27)/t16-/m0/s1. The number of hydrogen-bond donors (Lipinski definition) is 1. The molecule has 0 saturated heterocycles. The zero-order valence-corrected chi connectivity index (χ0v) is 17.5. The molecule has 0 aliphatic heterocycles. The smallest absolute Gasteiger partial charge is 0.251 e. The largest absolute Gasteiger partial charge is 0.496 e. The molecule has 3 aromatic rings. The molecule has 30 heavy (non-hydrogen) atoms. The molecule has 0 spiro atoms. The number of aryl methyl sites for hydroxylation is 2. The molecule has 2 aromatic heterocycles. The fraction of sp³-hybridized carbons (Fsp3) is 0.304. The average molecular weight is 403 g/mol. The molecular weight excluding hydrogens is 378 g/mol. The normalized spacial score (nSPS) is 15.6. The summed E-state index contributed by atoms with van der Waals surface area (Å²) >= 11 is 0. The maximum atomic E-state index is 13.2. The fourth-order valence-electron chi connectivity index (χ4n) is 4.05. The maximum absolute atomic E-state index is 13.2. The van der Waals surface area contributed by atoms with Gasteiger partial charge in [-0.2, -0.15) is 0 Å². The van der Waals surface area contributed by atoms with Crippen LogP contribution in [-0.2, 0) is 6.42 Å². The van der Waals surface area contributed by atoms with Crippen LogP contribution in [0.4, 0.5) is 5.82 Å². The SMILES string of the molecule is C=CCNc1nn(-c2nc(C)cc(C)n2)c2c1C(=O)C[C@@H](c1ccccc1OC)C2. The molecular formula is C23H25N5O2. The van der Waals surface area contributed by atoms with Crippen molar-refractivity contribution in [1.82, 2.24) is 19.7 Å². The van der Waals surface area contributed by atoms with Crippen LogP contribution >= 0.6 is 0 Å². The van der Waals surface area contributed by atoms with E-state index in [1.54, 1.807) is 17.9 Å². The molecule has 0 fully saturated rings. The second-order valence-corrected chi connectivity index (χ2v) is 7.47. The first-order valence-corrected chi connectivity index (χ1v) is 9.97. The number of benzene rings is 1. The van der Waals surface area contributed by atoms with Gasteiger partial charge in [0.15, 0.2) is 11.6 Å². The van der Waals surface area contributed by atoms with Gasteiger partial charge in [-0.1, -0.05) is 24.3 Å². The van der Waals surface area contributed by atoms with Crippen molar-refractivity contribution >= 4 is 11.6 Å². The van der Waals surface area contributed by atoms with Crippen molar-refractivity contribution in [3.05, 3.63) is 71.2 Å². The van der Waals surface area contributed by atoms with Crippen LogP contribution in [-0.4, -0.2) is 39.2 Å². The number of methoxy groups -OCH3 is 1. The van der Waals surface area contributed by atoms with Gasteiger partial charge in [-0.25, -0.2) is 14.6 Å². The third-order valence-electron chi connectivity index (χ3n) is 5.28. The Morgan fingerprint density at radius 1 is 1.23 bits per heavy atom. The van der Waals surface area contributed by atoms with E-state index in [-0.39, 0.29) is 11.7 Å². The number of hydrogen-bond acceptors (Lipinski definition) is 6. The Morgan fingerprint density at radius 3 is 2.67 bits per heavy atom. The highest BCUT2D eigenvalue weighted by atomic mass is 16.5. The number of nitrogens with one attached hydrogen (secondary N) is 1. The number of carbonyl (C=O) groups excluding carboxylic acids is 1. The molecule has 0 saturated carbocycles. The molecule has 0 unspecified atom stereocenters. The number of nitrogens with zero attached hydrogens (tertiary/aromatic N) is 4. The average Bonchev–Trinajstić information content (AvgIpc) is 3.10. The van der Waals surface area contributed by atoms with Crippen LogP contribution in [0, 0.1) is 13.8 Å². The third-order valence-corrected chi connectivity index (χ3v) is 5.28. The van der Waals surface area contributed by atoms with Crippen molar-refractivity contribution in [1.29, 1.82) is 0 Å². The summed E-state index contributed by atoms with van der Waals surface area (Å²) < 4.78 is 7.25. The Kier molecular flexibility index (Phi) is 5.35. The number of aromatic nitrogens is 4. The van der Waals surface area contributed by atoms with Crippen LogP contribution in [0.15, 0.2) is 43.0 Å². The van der Waals surface area contributed by atoms with E-state index in [1.165, 1.54) is 0 Å². The molecule has 0 radical (unpaired) electrons. The first kappa shape index (κ1) is 19.8. The Bertz CT molecular complexity index is 1100. The van der Waals surface area contributed by atoms with Crippen molar-refractivity contribution in [2.45, 2.75) is 32.6 Å². The van der Waals surface area contributed by atoms with Crippen molar-refractivity contribution in [2.75, 3.05) is 19.0 Å². The van der Waals surface area contributed by atoms with Crippen molar-refractivity contribution < 1.29 is 9.53 Å². The van der Waals surface area contributed by atoms with Crippen LogP contribution in [0.2, 0.25) is 0 Å². The first-order valence-electron chi connectivity index (χ1n) is 9.97. The van der Waals surface area contributed by atoms with Gasteiger partial charge in [0.1, 0.15) is 5.75 Å². The van der Waals surface area contributed by atoms with E-state index in [0.717, 1.165) is 28.4 Å². The minimum absolute atomic E-state index is 0.00485. The lowest BCUT2D eigenvalue weighted by Crippen LogP contribution is -2.22. The minimum atomic E-state index is -0.00485. The first-order chi connectivity index (χ1) is 14.5. The van der Waals surface area contributed by atoms with Gasteiger partial charge in [0.2, 0.25) is 0 Å². The number of ether oxygens (including phenoxy) is 1. The predicted molar refractivity (Wildman–Crippen MR) is 116 cm³/mol. The predicted octanol–water partition coefficient (Wildman–Crippen LogP) is 3.80. The van der Waals surface area contributed by atoms with Gasteiger partial charge >= 0.3 is 0 Å².